The van der Waals surface area contributed by atoms with Gasteiger partial charge in [0.05, 0.1) is 17.1 Å². The maximum atomic E-state index is 13.2. The molecule has 0 bridgehead atoms. The van der Waals surface area contributed by atoms with Crippen LogP contribution in [0.25, 0.3) is 17.3 Å². The van der Waals surface area contributed by atoms with Gasteiger partial charge in [0.25, 0.3) is 0 Å². The lowest BCUT2D eigenvalue weighted by Gasteiger charge is -2.10. The molecule has 0 radical (unpaired) electrons. The number of nitrogens with zero attached hydrogens (tertiary/aromatic N) is 3. The second kappa shape index (κ2) is 8.57. The number of nitrogens with one attached hydrogen (secondary N) is 1. The molecule has 6 nitrogen and oxygen atoms in total. The average Bonchev–Trinajstić information content (AvgIpc) is 3.14. The van der Waals surface area contributed by atoms with E-state index >= 15 is 0 Å². The van der Waals surface area contributed by atoms with Gasteiger partial charge >= 0.3 is 0 Å². The number of hydrogen-bond acceptors (Lipinski definition) is 4. The van der Waals surface area contributed by atoms with E-state index in [1.807, 2.05) is 51.2 Å². The first-order chi connectivity index (χ1) is 13.8. The van der Waals surface area contributed by atoms with Crippen molar-refractivity contribution in [2.45, 2.75) is 20.4 Å². The Morgan fingerprint density at radius 2 is 1.90 bits per heavy atom. The molecule has 3 aromatic rings. The molecule has 0 spiro atoms. The zero-order chi connectivity index (χ0) is 21.2. The van der Waals surface area contributed by atoms with E-state index in [1.165, 1.54) is 3.97 Å². The summed E-state index contributed by atoms with van der Waals surface area (Å²) in [6, 6.07) is 9.57. The molecule has 1 aromatic carbocycles. The van der Waals surface area contributed by atoms with Gasteiger partial charge in [0.15, 0.2) is 0 Å². The van der Waals surface area contributed by atoms with Crippen LogP contribution >= 0.6 is 11.6 Å². The van der Waals surface area contributed by atoms with Gasteiger partial charge in [0, 0.05) is 25.4 Å². The molecule has 154 valence electrons. The molecule has 1 N–H and O–H groups in total. The highest BCUT2D eigenvalue weighted by Gasteiger charge is 2.22. The summed E-state index contributed by atoms with van der Waals surface area (Å²) in [4.78, 5) is 0. The van der Waals surface area contributed by atoms with Gasteiger partial charge in [-0.05, 0) is 37.6 Å². The largest absolute Gasteiger partial charge is 0.316 e. The fourth-order valence-corrected chi connectivity index (χ4v) is 4.90. The lowest BCUT2D eigenvalue weighted by atomic mass is 10.1. The minimum absolute atomic E-state index is 0.148. The lowest BCUT2D eigenvalue weighted by molar-refractivity contribution is 0.591. The molecule has 0 amide bonds. The van der Waals surface area contributed by atoms with E-state index in [9.17, 15) is 8.42 Å². The topological polar surface area (TPSA) is 68.9 Å². The van der Waals surface area contributed by atoms with E-state index in [1.54, 1.807) is 30.1 Å². The Labute approximate surface area is 176 Å². The number of hydrogen-bond donors (Lipinski definition) is 1. The maximum absolute atomic E-state index is 13.2. The predicted octanol–water partition coefficient (Wildman–Crippen LogP) is 3.77. The Kier molecular flexibility index (Phi) is 6.31. The zero-order valence-corrected chi connectivity index (χ0v) is 18.5. The van der Waals surface area contributed by atoms with Gasteiger partial charge in [-0.3, -0.25) is 4.68 Å². The third-order valence-corrected chi connectivity index (χ3v) is 6.78. The molecular weight excluding hydrogens is 408 g/mol. The van der Waals surface area contributed by atoms with E-state index in [2.05, 4.69) is 10.4 Å². The predicted molar refractivity (Wildman–Crippen MR) is 119 cm³/mol. The minimum Gasteiger partial charge on any atom is -0.316 e. The molecule has 29 heavy (non-hydrogen) atoms. The maximum Gasteiger partial charge on any atom is 0.242 e. The van der Waals surface area contributed by atoms with E-state index in [0.717, 1.165) is 27.9 Å². The van der Waals surface area contributed by atoms with Gasteiger partial charge in [-0.25, -0.2) is 12.4 Å². The second-order valence-corrected chi connectivity index (χ2v) is 9.16. The SMILES string of the molecule is CNCc1cn(S(=O)(=O)CC=Cc2c(C)nn(C)c2Cl)c(-c2ccccc2)c1C. The van der Waals surface area contributed by atoms with Crippen LogP contribution in [0, 0.1) is 13.8 Å². The normalized spacial score (nSPS) is 12.2. The molecule has 0 aliphatic carbocycles. The van der Waals surface area contributed by atoms with Crippen molar-refractivity contribution in [3.8, 4) is 11.3 Å². The molecule has 0 aliphatic rings. The standard InChI is InChI=1S/C21H25ClN4O2S/c1-15-18(13-23-3)14-26(20(15)17-9-6-5-7-10-17)29(27,28)12-8-11-19-16(2)24-25(4)21(19)22/h5-11,14,23H,12-13H2,1-4H3. The number of rotatable bonds is 7. The average molecular weight is 433 g/mol. The van der Waals surface area contributed by atoms with Gasteiger partial charge in [-0.2, -0.15) is 5.10 Å². The molecule has 0 saturated carbocycles. The molecular formula is C21H25ClN4O2S. The Morgan fingerprint density at radius 1 is 1.21 bits per heavy atom. The third-order valence-electron chi connectivity index (χ3n) is 4.83. The highest BCUT2D eigenvalue weighted by molar-refractivity contribution is 7.90. The van der Waals surface area contributed by atoms with Crippen molar-refractivity contribution in [1.29, 1.82) is 0 Å². The van der Waals surface area contributed by atoms with Crippen LogP contribution in [0.3, 0.4) is 0 Å². The van der Waals surface area contributed by atoms with Gasteiger partial charge in [0.2, 0.25) is 10.0 Å². The molecule has 2 heterocycles. The zero-order valence-electron chi connectivity index (χ0n) is 17.0. The first-order valence-corrected chi connectivity index (χ1v) is 11.2. The Balaban J connectivity index is 2.00. The number of aromatic nitrogens is 3. The summed E-state index contributed by atoms with van der Waals surface area (Å²) < 4.78 is 29.4. The summed E-state index contributed by atoms with van der Waals surface area (Å²) in [5.74, 6) is -0.148. The van der Waals surface area contributed by atoms with Crippen LogP contribution in [0.1, 0.15) is 22.4 Å². The van der Waals surface area contributed by atoms with Crippen molar-refractivity contribution < 1.29 is 8.42 Å². The first kappa shape index (κ1) is 21.4. The summed E-state index contributed by atoms with van der Waals surface area (Å²) in [5.41, 5.74) is 4.94. The molecule has 2 aromatic heterocycles. The summed E-state index contributed by atoms with van der Waals surface area (Å²) in [6.45, 7) is 4.39. The fraction of sp³-hybridized carbons (Fsp3) is 0.286. The molecule has 8 heteroatoms. The Hall–Kier alpha value is -2.35. The number of aryl methyl sites for hydroxylation is 2. The number of benzene rings is 1. The van der Waals surface area contributed by atoms with Gasteiger partial charge in [-0.15, -0.1) is 0 Å². The molecule has 0 saturated heterocycles. The van der Waals surface area contributed by atoms with Crippen LogP contribution in [-0.4, -0.2) is 35.0 Å². The summed E-state index contributed by atoms with van der Waals surface area (Å²) in [5, 5.41) is 7.83. The van der Waals surface area contributed by atoms with Crippen molar-refractivity contribution in [2.75, 3.05) is 12.8 Å². The lowest BCUT2D eigenvalue weighted by Crippen LogP contribution is -2.16. The van der Waals surface area contributed by atoms with Crippen LogP contribution in [0.4, 0.5) is 0 Å². The quantitative estimate of drug-likeness (QED) is 0.617. The second-order valence-electron chi connectivity index (χ2n) is 6.91. The smallest absolute Gasteiger partial charge is 0.242 e. The van der Waals surface area contributed by atoms with Crippen molar-refractivity contribution in [1.82, 2.24) is 19.1 Å². The van der Waals surface area contributed by atoms with Crippen LogP contribution in [0.15, 0.2) is 42.6 Å². The fourth-order valence-electron chi connectivity index (χ4n) is 3.35. The van der Waals surface area contributed by atoms with Gasteiger partial charge in [-0.1, -0.05) is 54.1 Å². The van der Waals surface area contributed by atoms with E-state index in [4.69, 9.17) is 11.6 Å². The van der Waals surface area contributed by atoms with Crippen LogP contribution in [0.2, 0.25) is 5.15 Å². The van der Waals surface area contributed by atoms with E-state index < -0.39 is 10.0 Å². The highest BCUT2D eigenvalue weighted by Crippen LogP contribution is 2.29. The highest BCUT2D eigenvalue weighted by atomic mass is 35.5. The molecule has 0 unspecified atom stereocenters. The monoisotopic (exact) mass is 432 g/mol. The van der Waals surface area contributed by atoms with Crippen molar-refractivity contribution >= 4 is 27.7 Å². The van der Waals surface area contributed by atoms with Crippen molar-refractivity contribution in [3.05, 3.63) is 70.1 Å². The molecule has 0 aliphatic heterocycles. The molecule has 0 atom stereocenters. The molecule has 3 rings (SSSR count). The Bertz CT molecular complexity index is 1150. The van der Waals surface area contributed by atoms with Crippen LogP contribution < -0.4 is 5.32 Å². The summed E-state index contributed by atoms with van der Waals surface area (Å²) >= 11 is 6.23. The van der Waals surface area contributed by atoms with E-state index in [-0.39, 0.29) is 5.75 Å². The van der Waals surface area contributed by atoms with Crippen LogP contribution in [0.5, 0.6) is 0 Å². The van der Waals surface area contributed by atoms with E-state index in [0.29, 0.717) is 17.4 Å². The third kappa shape index (κ3) is 4.32. The first-order valence-electron chi connectivity index (χ1n) is 9.26. The van der Waals surface area contributed by atoms with Crippen molar-refractivity contribution in [2.24, 2.45) is 7.05 Å². The van der Waals surface area contributed by atoms with Crippen LogP contribution in [-0.2, 0) is 23.6 Å². The summed E-state index contributed by atoms with van der Waals surface area (Å²) in [7, 11) is -0.0214. The summed E-state index contributed by atoms with van der Waals surface area (Å²) in [6.07, 6.45) is 5.04. The molecule has 0 fully saturated rings. The Morgan fingerprint density at radius 3 is 2.48 bits per heavy atom. The van der Waals surface area contributed by atoms with Gasteiger partial charge < -0.3 is 5.32 Å². The van der Waals surface area contributed by atoms with Crippen molar-refractivity contribution in [3.63, 3.8) is 0 Å². The van der Waals surface area contributed by atoms with Gasteiger partial charge in [0.1, 0.15) is 5.15 Å². The minimum atomic E-state index is -3.62. The number of halogens is 1.